The van der Waals surface area contributed by atoms with Gasteiger partial charge >= 0.3 is 0 Å². The van der Waals surface area contributed by atoms with Crippen molar-refractivity contribution in [2.24, 2.45) is 0 Å². The number of para-hydroxylation sites is 1. The first-order valence-corrected chi connectivity index (χ1v) is 10.7. The lowest BCUT2D eigenvalue weighted by atomic mass is 10.2. The van der Waals surface area contributed by atoms with Crippen molar-refractivity contribution in [3.05, 3.63) is 83.4 Å². The van der Waals surface area contributed by atoms with Gasteiger partial charge in [0.05, 0.1) is 17.1 Å². The van der Waals surface area contributed by atoms with Crippen molar-refractivity contribution in [2.75, 3.05) is 11.1 Å². The third-order valence-corrected chi connectivity index (χ3v) is 5.63. The van der Waals surface area contributed by atoms with E-state index in [0.29, 0.717) is 11.0 Å². The summed E-state index contributed by atoms with van der Waals surface area (Å²) in [5.74, 6) is -0.282. The normalized spacial score (nSPS) is 10.8. The Labute approximate surface area is 187 Å². The van der Waals surface area contributed by atoms with Crippen molar-refractivity contribution in [3.8, 4) is 17.1 Å². The van der Waals surface area contributed by atoms with Crippen molar-refractivity contribution in [3.63, 3.8) is 0 Å². The average Bonchev–Trinajstić information content (AvgIpc) is 3.19. The third kappa shape index (κ3) is 4.76. The fourth-order valence-electron chi connectivity index (χ4n) is 2.99. The molecule has 0 saturated heterocycles. The van der Waals surface area contributed by atoms with E-state index in [-0.39, 0.29) is 22.4 Å². The van der Waals surface area contributed by atoms with Crippen molar-refractivity contribution in [1.82, 2.24) is 19.7 Å². The van der Waals surface area contributed by atoms with Crippen molar-refractivity contribution in [1.29, 1.82) is 0 Å². The van der Waals surface area contributed by atoms with Gasteiger partial charge in [0.15, 0.2) is 11.0 Å². The molecule has 0 atom stereocenters. The molecule has 1 N–H and O–H groups in total. The second-order valence-electron chi connectivity index (χ2n) is 6.62. The van der Waals surface area contributed by atoms with Gasteiger partial charge in [-0.3, -0.25) is 14.3 Å². The molecular formula is C22H17ClFN5OS. The Hall–Kier alpha value is -3.23. The Morgan fingerprint density at radius 3 is 2.65 bits per heavy atom. The summed E-state index contributed by atoms with van der Waals surface area (Å²) in [6, 6.07) is 15.7. The number of hydrogen-bond acceptors (Lipinski definition) is 5. The molecule has 0 aliphatic carbocycles. The second-order valence-corrected chi connectivity index (χ2v) is 8.00. The molecule has 156 valence electrons. The highest BCUT2D eigenvalue weighted by Gasteiger charge is 2.18. The van der Waals surface area contributed by atoms with E-state index in [4.69, 9.17) is 11.6 Å². The van der Waals surface area contributed by atoms with Gasteiger partial charge in [-0.2, -0.15) is 0 Å². The van der Waals surface area contributed by atoms with Crippen LogP contribution in [-0.4, -0.2) is 31.4 Å². The Morgan fingerprint density at radius 2 is 1.90 bits per heavy atom. The molecule has 0 fully saturated rings. The number of aryl methyl sites for hydroxylation is 1. The highest BCUT2D eigenvalue weighted by atomic mass is 35.5. The Kier molecular flexibility index (Phi) is 6.29. The number of carbonyl (C=O) groups excluding carboxylic acids is 1. The van der Waals surface area contributed by atoms with Crippen LogP contribution in [0.25, 0.3) is 17.1 Å². The topological polar surface area (TPSA) is 72.7 Å². The number of hydrogen-bond donors (Lipinski definition) is 1. The second kappa shape index (κ2) is 9.28. The lowest BCUT2D eigenvalue weighted by Crippen LogP contribution is -2.15. The van der Waals surface area contributed by atoms with E-state index in [0.717, 1.165) is 22.9 Å². The van der Waals surface area contributed by atoms with Gasteiger partial charge in [-0.25, -0.2) is 4.39 Å². The molecule has 4 rings (SSSR count). The maximum Gasteiger partial charge on any atom is 0.234 e. The fourth-order valence-corrected chi connectivity index (χ4v) is 3.89. The number of benzene rings is 2. The number of aromatic nitrogens is 4. The van der Waals surface area contributed by atoms with Crippen LogP contribution in [0.1, 0.15) is 5.56 Å². The van der Waals surface area contributed by atoms with Crippen LogP contribution in [-0.2, 0) is 4.79 Å². The zero-order valence-corrected chi connectivity index (χ0v) is 18.0. The molecule has 2 aromatic heterocycles. The molecule has 2 heterocycles. The van der Waals surface area contributed by atoms with Gasteiger partial charge in [0.1, 0.15) is 5.82 Å². The summed E-state index contributed by atoms with van der Waals surface area (Å²) in [5, 5.41) is 12.0. The standard InChI is InChI=1S/C22H17ClFN5OS/c1-14-4-2-3-5-19(14)29-21(15-8-10-25-11-9-15)27-28-22(29)31-13-20(30)26-18-7-6-16(23)12-17(18)24/h2-12H,13H2,1H3,(H,26,30). The number of carbonyl (C=O) groups is 1. The summed E-state index contributed by atoms with van der Waals surface area (Å²) in [6.45, 7) is 2.00. The minimum Gasteiger partial charge on any atom is -0.323 e. The smallest absolute Gasteiger partial charge is 0.234 e. The predicted octanol–water partition coefficient (Wildman–Crippen LogP) is 5.16. The van der Waals surface area contributed by atoms with Gasteiger partial charge in [-0.05, 0) is 48.9 Å². The molecular weight excluding hydrogens is 437 g/mol. The van der Waals surface area contributed by atoms with E-state index in [1.807, 2.05) is 47.9 Å². The molecule has 31 heavy (non-hydrogen) atoms. The zero-order chi connectivity index (χ0) is 21.8. The quantitative estimate of drug-likeness (QED) is 0.408. The molecule has 2 aromatic carbocycles. The minimum atomic E-state index is -0.589. The van der Waals surface area contributed by atoms with Gasteiger partial charge < -0.3 is 5.32 Å². The van der Waals surface area contributed by atoms with Crippen LogP contribution in [0.2, 0.25) is 5.02 Å². The van der Waals surface area contributed by atoms with Gasteiger partial charge in [-0.1, -0.05) is 41.6 Å². The SMILES string of the molecule is Cc1ccccc1-n1c(SCC(=O)Nc2ccc(Cl)cc2F)nnc1-c1ccncc1. The lowest BCUT2D eigenvalue weighted by molar-refractivity contribution is -0.113. The zero-order valence-electron chi connectivity index (χ0n) is 16.4. The number of anilines is 1. The molecule has 4 aromatic rings. The van der Waals surface area contributed by atoms with Crippen LogP contribution in [0.3, 0.4) is 0 Å². The first-order valence-electron chi connectivity index (χ1n) is 9.32. The summed E-state index contributed by atoms with van der Waals surface area (Å²) >= 11 is 6.97. The van der Waals surface area contributed by atoms with Crippen LogP contribution in [0.5, 0.6) is 0 Å². The number of nitrogens with zero attached hydrogens (tertiary/aromatic N) is 4. The minimum absolute atomic E-state index is 0.0302. The molecule has 6 nitrogen and oxygen atoms in total. The molecule has 9 heteroatoms. The maximum absolute atomic E-state index is 14.0. The summed E-state index contributed by atoms with van der Waals surface area (Å²) in [4.78, 5) is 16.5. The van der Waals surface area contributed by atoms with Crippen LogP contribution in [0, 0.1) is 12.7 Å². The number of thioether (sulfide) groups is 1. The Morgan fingerprint density at radius 1 is 1.13 bits per heavy atom. The van der Waals surface area contributed by atoms with Gasteiger partial charge in [0.2, 0.25) is 5.91 Å². The predicted molar refractivity (Wildman–Crippen MR) is 120 cm³/mol. The van der Waals surface area contributed by atoms with Crippen LogP contribution in [0.4, 0.5) is 10.1 Å². The highest BCUT2D eigenvalue weighted by molar-refractivity contribution is 7.99. The first kappa shape index (κ1) is 21.0. The van der Waals surface area contributed by atoms with Crippen molar-refractivity contribution >= 4 is 35.0 Å². The summed E-state index contributed by atoms with van der Waals surface area (Å²) in [6.07, 6.45) is 3.38. The number of pyridine rings is 1. The first-order chi connectivity index (χ1) is 15.0. The van der Waals surface area contributed by atoms with Crippen LogP contribution in [0.15, 0.2) is 72.1 Å². The Balaban J connectivity index is 1.60. The lowest BCUT2D eigenvalue weighted by Gasteiger charge is -2.13. The van der Waals surface area contributed by atoms with Gasteiger partial charge in [0.25, 0.3) is 0 Å². The number of rotatable bonds is 6. The fraction of sp³-hybridized carbons (Fsp3) is 0.0909. The van der Waals surface area contributed by atoms with Gasteiger partial charge in [0, 0.05) is 23.0 Å². The molecule has 0 spiro atoms. The van der Waals surface area contributed by atoms with E-state index in [2.05, 4.69) is 20.5 Å². The van der Waals surface area contributed by atoms with E-state index >= 15 is 0 Å². The van der Waals surface area contributed by atoms with E-state index < -0.39 is 5.82 Å². The Bertz CT molecular complexity index is 1230. The van der Waals surface area contributed by atoms with Gasteiger partial charge in [-0.15, -0.1) is 10.2 Å². The maximum atomic E-state index is 14.0. The summed E-state index contributed by atoms with van der Waals surface area (Å²) in [5.41, 5.74) is 2.87. The molecule has 0 unspecified atom stereocenters. The summed E-state index contributed by atoms with van der Waals surface area (Å²) in [7, 11) is 0. The van der Waals surface area contributed by atoms with E-state index in [1.165, 1.54) is 23.9 Å². The largest absolute Gasteiger partial charge is 0.323 e. The molecule has 0 aliphatic rings. The number of nitrogens with one attached hydrogen (secondary N) is 1. The molecule has 1 amide bonds. The molecule has 0 radical (unpaired) electrons. The highest BCUT2D eigenvalue weighted by Crippen LogP contribution is 2.29. The average molecular weight is 454 g/mol. The number of amides is 1. The number of halogens is 2. The van der Waals surface area contributed by atoms with E-state index in [1.54, 1.807) is 12.4 Å². The molecule has 0 aliphatic heterocycles. The third-order valence-electron chi connectivity index (χ3n) is 4.47. The monoisotopic (exact) mass is 453 g/mol. The summed E-state index contributed by atoms with van der Waals surface area (Å²) < 4.78 is 15.9. The molecule has 0 bridgehead atoms. The van der Waals surface area contributed by atoms with E-state index in [9.17, 15) is 9.18 Å². The van der Waals surface area contributed by atoms with Crippen LogP contribution < -0.4 is 5.32 Å². The van der Waals surface area contributed by atoms with Crippen LogP contribution >= 0.6 is 23.4 Å². The van der Waals surface area contributed by atoms with Crippen molar-refractivity contribution in [2.45, 2.75) is 12.1 Å². The van der Waals surface area contributed by atoms with Crippen molar-refractivity contribution < 1.29 is 9.18 Å². The molecule has 0 saturated carbocycles.